The lowest BCUT2D eigenvalue weighted by atomic mass is 10.2. The molecule has 0 amide bonds. The fourth-order valence-corrected chi connectivity index (χ4v) is 3.92. The number of rotatable bonds is 4. The summed E-state index contributed by atoms with van der Waals surface area (Å²) in [5.74, 6) is 0.607. The molecule has 0 saturated heterocycles. The third-order valence-corrected chi connectivity index (χ3v) is 5.64. The number of fused-ring (bicyclic) bond motifs is 1. The lowest BCUT2D eigenvalue weighted by molar-refractivity contribution is 0.601. The molecular weight excluding hydrogens is 366 g/mol. The SMILES string of the molecule is O=S(=O)(Nc1ccccc1-c1nc2ccccc2[nH]1)c1ccc(S)cc1. The summed E-state index contributed by atoms with van der Waals surface area (Å²) < 4.78 is 28.1. The second-order valence-electron chi connectivity index (χ2n) is 5.75. The smallest absolute Gasteiger partial charge is 0.261 e. The van der Waals surface area contributed by atoms with Crippen molar-refractivity contribution in [2.75, 3.05) is 4.72 Å². The van der Waals surface area contributed by atoms with E-state index >= 15 is 0 Å². The van der Waals surface area contributed by atoms with E-state index < -0.39 is 10.0 Å². The van der Waals surface area contributed by atoms with Gasteiger partial charge in [0.05, 0.1) is 21.6 Å². The minimum absolute atomic E-state index is 0.176. The first kappa shape index (κ1) is 16.7. The van der Waals surface area contributed by atoms with Crippen molar-refractivity contribution in [3.05, 3.63) is 72.8 Å². The Morgan fingerprint density at radius 2 is 1.58 bits per heavy atom. The van der Waals surface area contributed by atoms with Gasteiger partial charge in [0, 0.05) is 10.5 Å². The van der Waals surface area contributed by atoms with Crippen LogP contribution in [0.15, 0.2) is 82.6 Å². The maximum absolute atomic E-state index is 12.7. The number of nitrogens with one attached hydrogen (secondary N) is 2. The van der Waals surface area contributed by atoms with E-state index in [1.54, 1.807) is 24.3 Å². The number of anilines is 1. The van der Waals surface area contributed by atoms with Gasteiger partial charge in [-0.05, 0) is 48.5 Å². The standard InChI is InChI=1S/C19H15N3O2S2/c23-26(24,14-11-9-13(25)10-12-14)22-16-6-2-1-5-15(16)19-20-17-7-3-4-8-18(17)21-19/h1-12,22,25H,(H,20,21). The molecule has 0 bridgehead atoms. The Morgan fingerprint density at radius 1 is 0.885 bits per heavy atom. The fraction of sp³-hybridized carbons (Fsp3) is 0. The van der Waals surface area contributed by atoms with Gasteiger partial charge < -0.3 is 4.98 Å². The summed E-state index contributed by atoms with van der Waals surface area (Å²) >= 11 is 4.19. The average Bonchev–Trinajstić information content (AvgIpc) is 3.06. The van der Waals surface area contributed by atoms with Crippen molar-refractivity contribution >= 4 is 39.4 Å². The molecule has 0 saturated carbocycles. The average molecular weight is 381 g/mol. The van der Waals surface area contributed by atoms with Crippen molar-refractivity contribution in [1.29, 1.82) is 0 Å². The molecule has 0 fully saturated rings. The van der Waals surface area contributed by atoms with E-state index in [0.717, 1.165) is 11.0 Å². The second kappa shape index (κ2) is 6.51. The van der Waals surface area contributed by atoms with Crippen LogP contribution >= 0.6 is 12.6 Å². The molecule has 5 nitrogen and oxygen atoms in total. The first-order valence-corrected chi connectivity index (χ1v) is 9.82. The summed E-state index contributed by atoms with van der Waals surface area (Å²) in [5, 5.41) is 0. The van der Waals surface area contributed by atoms with E-state index in [1.165, 1.54) is 12.1 Å². The van der Waals surface area contributed by atoms with Gasteiger partial charge in [0.1, 0.15) is 5.82 Å². The zero-order valence-corrected chi connectivity index (χ0v) is 15.3. The van der Waals surface area contributed by atoms with E-state index in [1.807, 2.05) is 36.4 Å². The number of imidazole rings is 1. The molecule has 3 aromatic carbocycles. The van der Waals surface area contributed by atoms with Gasteiger partial charge in [0.2, 0.25) is 0 Å². The largest absolute Gasteiger partial charge is 0.338 e. The Balaban J connectivity index is 1.75. The van der Waals surface area contributed by atoms with Gasteiger partial charge in [-0.2, -0.15) is 0 Å². The molecule has 0 radical (unpaired) electrons. The Hall–Kier alpha value is -2.77. The Labute approximate surface area is 156 Å². The van der Waals surface area contributed by atoms with Gasteiger partial charge >= 0.3 is 0 Å². The van der Waals surface area contributed by atoms with Gasteiger partial charge in [0.15, 0.2) is 0 Å². The third kappa shape index (κ3) is 3.18. The minimum atomic E-state index is -3.72. The van der Waals surface area contributed by atoms with Gasteiger partial charge in [0.25, 0.3) is 10.0 Å². The fourth-order valence-electron chi connectivity index (χ4n) is 2.69. The van der Waals surface area contributed by atoms with Gasteiger partial charge in [-0.1, -0.05) is 24.3 Å². The highest BCUT2D eigenvalue weighted by atomic mass is 32.2. The van der Waals surface area contributed by atoms with Crippen LogP contribution in [0, 0.1) is 0 Å². The van der Waals surface area contributed by atoms with E-state index in [9.17, 15) is 8.42 Å². The van der Waals surface area contributed by atoms with Crippen molar-refractivity contribution in [1.82, 2.24) is 9.97 Å². The molecule has 0 atom stereocenters. The third-order valence-electron chi connectivity index (χ3n) is 3.96. The maximum Gasteiger partial charge on any atom is 0.261 e. The number of para-hydroxylation sites is 3. The van der Waals surface area contributed by atoms with Crippen LogP contribution in [-0.4, -0.2) is 18.4 Å². The first-order chi connectivity index (χ1) is 12.5. The van der Waals surface area contributed by atoms with Gasteiger partial charge in [-0.25, -0.2) is 13.4 Å². The predicted molar refractivity (Wildman–Crippen MR) is 106 cm³/mol. The Kier molecular flexibility index (Phi) is 4.18. The second-order valence-corrected chi connectivity index (χ2v) is 7.95. The number of hydrogen-bond acceptors (Lipinski definition) is 4. The number of thiol groups is 1. The molecule has 2 N–H and O–H groups in total. The number of aromatic nitrogens is 2. The Bertz CT molecular complexity index is 1150. The van der Waals surface area contributed by atoms with Crippen LogP contribution in [0.3, 0.4) is 0 Å². The summed E-state index contributed by atoms with van der Waals surface area (Å²) in [6, 6.07) is 21.2. The van der Waals surface area contributed by atoms with Crippen molar-refractivity contribution in [3.8, 4) is 11.4 Å². The van der Waals surface area contributed by atoms with Crippen LogP contribution < -0.4 is 4.72 Å². The molecule has 0 unspecified atom stereocenters. The number of sulfonamides is 1. The number of aromatic amines is 1. The van der Waals surface area contributed by atoms with Crippen LogP contribution in [0.25, 0.3) is 22.4 Å². The topological polar surface area (TPSA) is 74.8 Å². The molecule has 1 aromatic heterocycles. The van der Waals surface area contributed by atoms with Crippen LogP contribution in [0.4, 0.5) is 5.69 Å². The zero-order chi connectivity index (χ0) is 18.1. The molecule has 0 spiro atoms. The normalized spacial score (nSPS) is 11.6. The molecule has 7 heteroatoms. The van der Waals surface area contributed by atoms with Gasteiger partial charge in [-0.3, -0.25) is 4.72 Å². The number of hydrogen-bond donors (Lipinski definition) is 3. The van der Waals surface area contributed by atoms with Crippen LogP contribution in [0.1, 0.15) is 0 Å². The van der Waals surface area contributed by atoms with Crippen molar-refractivity contribution < 1.29 is 8.42 Å². The zero-order valence-electron chi connectivity index (χ0n) is 13.5. The molecule has 0 aliphatic carbocycles. The van der Waals surface area contributed by atoms with Crippen LogP contribution in [-0.2, 0) is 10.0 Å². The van der Waals surface area contributed by atoms with Crippen molar-refractivity contribution in [3.63, 3.8) is 0 Å². The molecule has 0 aliphatic heterocycles. The molecule has 4 rings (SSSR count). The highest BCUT2D eigenvalue weighted by Crippen LogP contribution is 2.29. The lowest BCUT2D eigenvalue weighted by Gasteiger charge is -2.11. The molecule has 0 aliphatic rings. The van der Waals surface area contributed by atoms with Crippen LogP contribution in [0.5, 0.6) is 0 Å². The lowest BCUT2D eigenvalue weighted by Crippen LogP contribution is -2.13. The molecule has 4 aromatic rings. The summed E-state index contributed by atoms with van der Waals surface area (Å²) in [7, 11) is -3.72. The molecular formula is C19H15N3O2S2. The molecule has 26 heavy (non-hydrogen) atoms. The highest BCUT2D eigenvalue weighted by molar-refractivity contribution is 7.92. The predicted octanol–water partition coefficient (Wildman–Crippen LogP) is 4.32. The summed E-state index contributed by atoms with van der Waals surface area (Å²) in [6.45, 7) is 0. The summed E-state index contributed by atoms with van der Waals surface area (Å²) in [4.78, 5) is 8.66. The number of H-pyrrole nitrogens is 1. The van der Waals surface area contributed by atoms with E-state index in [-0.39, 0.29) is 4.90 Å². The molecule has 130 valence electrons. The van der Waals surface area contributed by atoms with E-state index in [2.05, 4.69) is 27.3 Å². The van der Waals surface area contributed by atoms with E-state index in [4.69, 9.17) is 0 Å². The number of nitrogens with zero attached hydrogens (tertiary/aromatic N) is 1. The maximum atomic E-state index is 12.7. The van der Waals surface area contributed by atoms with Crippen molar-refractivity contribution in [2.24, 2.45) is 0 Å². The highest BCUT2D eigenvalue weighted by Gasteiger charge is 2.17. The minimum Gasteiger partial charge on any atom is -0.338 e. The first-order valence-electron chi connectivity index (χ1n) is 7.89. The quantitative estimate of drug-likeness (QED) is 0.461. The number of benzene rings is 3. The van der Waals surface area contributed by atoms with Crippen molar-refractivity contribution in [2.45, 2.75) is 9.79 Å². The summed E-state index contributed by atoms with van der Waals surface area (Å²) in [6.07, 6.45) is 0. The van der Waals surface area contributed by atoms with E-state index in [0.29, 0.717) is 22.0 Å². The summed E-state index contributed by atoms with van der Waals surface area (Å²) in [5.41, 5.74) is 2.86. The monoisotopic (exact) mass is 381 g/mol. The Morgan fingerprint density at radius 3 is 2.35 bits per heavy atom. The van der Waals surface area contributed by atoms with Gasteiger partial charge in [-0.15, -0.1) is 12.6 Å². The molecule has 1 heterocycles. The van der Waals surface area contributed by atoms with Crippen LogP contribution in [0.2, 0.25) is 0 Å².